The van der Waals surface area contributed by atoms with E-state index in [1.54, 1.807) is 0 Å². The Morgan fingerprint density at radius 1 is 1.47 bits per heavy atom. The number of aryl methyl sites for hydroxylation is 1. The molecule has 1 N–H and O–H groups in total. The molecule has 0 aliphatic heterocycles. The molecule has 0 amide bonds. The normalized spacial score (nSPS) is 27.0. The van der Waals surface area contributed by atoms with E-state index in [0.29, 0.717) is 5.92 Å². The molecule has 3 nitrogen and oxygen atoms in total. The maximum Gasteiger partial charge on any atom is 0.0983 e. The molecular weight excluding hydrogens is 212 g/mol. The van der Waals surface area contributed by atoms with Crippen LogP contribution in [-0.2, 0) is 6.54 Å². The van der Waals surface area contributed by atoms with Gasteiger partial charge in [-0.25, -0.2) is 4.98 Å². The maximum absolute atomic E-state index is 10.5. The maximum atomic E-state index is 10.5. The number of aromatic nitrogens is 2. The lowest BCUT2D eigenvalue weighted by Gasteiger charge is -2.31. The molecule has 1 aliphatic carbocycles. The zero-order chi connectivity index (χ0) is 12.3. The van der Waals surface area contributed by atoms with E-state index in [1.807, 2.05) is 12.5 Å². The predicted octanol–water partition coefficient (Wildman–Crippen LogP) is 3.15. The Morgan fingerprint density at radius 2 is 2.29 bits per heavy atom. The van der Waals surface area contributed by atoms with Crippen molar-refractivity contribution in [2.75, 3.05) is 0 Å². The minimum atomic E-state index is -0.327. The van der Waals surface area contributed by atoms with Gasteiger partial charge < -0.3 is 9.67 Å². The molecule has 1 saturated carbocycles. The first-order valence-electron chi connectivity index (χ1n) is 6.94. The monoisotopic (exact) mass is 236 g/mol. The third-order valence-corrected chi connectivity index (χ3v) is 4.24. The van der Waals surface area contributed by atoms with Crippen LogP contribution >= 0.6 is 0 Å². The number of hydrogen-bond acceptors (Lipinski definition) is 2. The minimum Gasteiger partial charge on any atom is -0.387 e. The first kappa shape index (κ1) is 12.6. The Labute approximate surface area is 104 Å². The van der Waals surface area contributed by atoms with Crippen molar-refractivity contribution in [3.05, 3.63) is 18.2 Å². The second-order valence-corrected chi connectivity index (χ2v) is 5.25. The molecule has 1 aliphatic rings. The Hall–Kier alpha value is -0.830. The summed E-state index contributed by atoms with van der Waals surface area (Å²) in [6, 6.07) is 0. The Morgan fingerprint density at radius 3 is 3.00 bits per heavy atom. The van der Waals surface area contributed by atoms with Gasteiger partial charge in [-0.2, -0.15) is 0 Å². The zero-order valence-electron chi connectivity index (χ0n) is 11.0. The van der Waals surface area contributed by atoms with Crippen LogP contribution in [0.25, 0.3) is 0 Å². The van der Waals surface area contributed by atoms with Gasteiger partial charge in [0.15, 0.2) is 0 Å². The van der Waals surface area contributed by atoms with Crippen LogP contribution in [-0.4, -0.2) is 14.7 Å². The number of aliphatic hydroxyl groups is 1. The molecule has 3 heteroatoms. The minimum absolute atomic E-state index is 0.327. The molecule has 96 valence electrons. The van der Waals surface area contributed by atoms with E-state index in [9.17, 15) is 5.11 Å². The highest BCUT2D eigenvalue weighted by Crippen LogP contribution is 2.38. The fraction of sp³-hybridized carbons (Fsp3) is 0.786. The highest BCUT2D eigenvalue weighted by Gasteiger charge is 2.28. The summed E-state index contributed by atoms with van der Waals surface area (Å²) < 4.78 is 2.06. The fourth-order valence-electron chi connectivity index (χ4n) is 3.07. The highest BCUT2D eigenvalue weighted by molar-refractivity contribution is 5.04. The van der Waals surface area contributed by atoms with Gasteiger partial charge in [-0.15, -0.1) is 0 Å². The van der Waals surface area contributed by atoms with Crippen molar-refractivity contribution < 1.29 is 5.11 Å². The van der Waals surface area contributed by atoms with Crippen LogP contribution in [0.15, 0.2) is 12.5 Å². The van der Waals surface area contributed by atoms with Crippen LogP contribution in [0.2, 0.25) is 0 Å². The molecule has 1 aromatic heterocycles. The van der Waals surface area contributed by atoms with Crippen LogP contribution in [0.3, 0.4) is 0 Å². The van der Waals surface area contributed by atoms with Crippen LogP contribution in [0.5, 0.6) is 0 Å². The molecule has 1 heterocycles. The Bertz CT molecular complexity index is 348. The van der Waals surface area contributed by atoms with Gasteiger partial charge in [-0.3, -0.25) is 0 Å². The van der Waals surface area contributed by atoms with Crippen LogP contribution in [0, 0.1) is 11.8 Å². The van der Waals surface area contributed by atoms with Crippen molar-refractivity contribution in [2.24, 2.45) is 11.8 Å². The standard InChI is InChI=1S/C14H24N2O/c1-3-11-6-5-7-12(8-11)14(17)13-9-15-10-16(13)4-2/h9-12,14,17H,3-8H2,1-2H3. The number of rotatable bonds is 4. The summed E-state index contributed by atoms with van der Waals surface area (Å²) in [5.74, 6) is 1.23. The Kier molecular flexibility index (Phi) is 4.21. The molecule has 3 unspecified atom stereocenters. The zero-order valence-corrected chi connectivity index (χ0v) is 11.0. The smallest absolute Gasteiger partial charge is 0.0983 e. The van der Waals surface area contributed by atoms with Gasteiger partial charge in [-0.05, 0) is 31.6 Å². The first-order chi connectivity index (χ1) is 8.26. The lowest BCUT2D eigenvalue weighted by atomic mass is 9.77. The topological polar surface area (TPSA) is 38.1 Å². The number of nitrogens with zero attached hydrogens (tertiary/aromatic N) is 2. The van der Waals surface area contributed by atoms with E-state index < -0.39 is 0 Å². The van der Waals surface area contributed by atoms with E-state index in [-0.39, 0.29) is 6.10 Å². The summed E-state index contributed by atoms with van der Waals surface area (Å²) in [6.45, 7) is 5.24. The van der Waals surface area contributed by atoms with E-state index >= 15 is 0 Å². The molecule has 2 rings (SSSR count). The van der Waals surface area contributed by atoms with E-state index in [4.69, 9.17) is 0 Å². The summed E-state index contributed by atoms with van der Waals surface area (Å²) in [6.07, 6.45) is 9.50. The molecule has 0 bridgehead atoms. The highest BCUT2D eigenvalue weighted by atomic mass is 16.3. The lowest BCUT2D eigenvalue weighted by Crippen LogP contribution is -2.22. The molecule has 0 spiro atoms. The molecule has 0 saturated heterocycles. The molecule has 3 atom stereocenters. The average Bonchev–Trinajstić information content (AvgIpc) is 2.86. The molecule has 1 aromatic rings. The predicted molar refractivity (Wildman–Crippen MR) is 68.6 cm³/mol. The van der Waals surface area contributed by atoms with Crippen LogP contribution in [0.4, 0.5) is 0 Å². The van der Waals surface area contributed by atoms with Crippen molar-refractivity contribution >= 4 is 0 Å². The quantitative estimate of drug-likeness (QED) is 0.872. The van der Waals surface area contributed by atoms with E-state index in [2.05, 4.69) is 23.4 Å². The number of aliphatic hydroxyl groups excluding tert-OH is 1. The number of hydrogen-bond donors (Lipinski definition) is 1. The van der Waals surface area contributed by atoms with Gasteiger partial charge in [0.2, 0.25) is 0 Å². The molecule has 1 fully saturated rings. The van der Waals surface area contributed by atoms with Crippen molar-refractivity contribution in [2.45, 2.75) is 58.6 Å². The van der Waals surface area contributed by atoms with Crippen molar-refractivity contribution in [3.8, 4) is 0 Å². The van der Waals surface area contributed by atoms with Gasteiger partial charge in [0.05, 0.1) is 24.3 Å². The molecule has 17 heavy (non-hydrogen) atoms. The largest absolute Gasteiger partial charge is 0.387 e. The van der Waals surface area contributed by atoms with Crippen LogP contribution < -0.4 is 0 Å². The lowest BCUT2D eigenvalue weighted by molar-refractivity contribution is 0.0618. The first-order valence-corrected chi connectivity index (χ1v) is 6.94. The van der Waals surface area contributed by atoms with Crippen molar-refractivity contribution in [1.29, 1.82) is 0 Å². The second-order valence-electron chi connectivity index (χ2n) is 5.25. The summed E-state index contributed by atoms with van der Waals surface area (Å²) in [5.41, 5.74) is 0.995. The molecule has 0 radical (unpaired) electrons. The second kappa shape index (κ2) is 5.67. The summed E-state index contributed by atoms with van der Waals surface area (Å²) in [4.78, 5) is 4.15. The van der Waals surface area contributed by atoms with E-state index in [0.717, 1.165) is 24.6 Å². The van der Waals surface area contributed by atoms with Gasteiger partial charge in [0.1, 0.15) is 0 Å². The fourth-order valence-corrected chi connectivity index (χ4v) is 3.07. The average molecular weight is 236 g/mol. The summed E-state index contributed by atoms with van der Waals surface area (Å²) >= 11 is 0. The van der Waals surface area contributed by atoms with Gasteiger partial charge in [0.25, 0.3) is 0 Å². The summed E-state index contributed by atoms with van der Waals surface area (Å²) in [7, 11) is 0. The van der Waals surface area contributed by atoms with Gasteiger partial charge in [0, 0.05) is 6.54 Å². The van der Waals surface area contributed by atoms with Crippen LogP contribution in [0.1, 0.15) is 57.7 Å². The van der Waals surface area contributed by atoms with Gasteiger partial charge in [-0.1, -0.05) is 26.2 Å². The molecular formula is C14H24N2O. The SMILES string of the molecule is CCC1CCCC(C(O)c2cncn2CC)C1. The van der Waals surface area contributed by atoms with Crippen molar-refractivity contribution in [1.82, 2.24) is 9.55 Å². The third kappa shape index (κ3) is 2.71. The van der Waals surface area contributed by atoms with Gasteiger partial charge >= 0.3 is 0 Å². The third-order valence-electron chi connectivity index (χ3n) is 4.24. The van der Waals surface area contributed by atoms with Crippen molar-refractivity contribution in [3.63, 3.8) is 0 Å². The molecule has 0 aromatic carbocycles. The summed E-state index contributed by atoms with van der Waals surface area (Å²) in [5, 5.41) is 10.5. The number of imidazole rings is 1. The van der Waals surface area contributed by atoms with E-state index in [1.165, 1.54) is 25.7 Å². The Balaban J connectivity index is 2.06.